The normalized spacial score (nSPS) is 21.6. The Morgan fingerprint density at radius 2 is 1.79 bits per heavy atom. The van der Waals surface area contributed by atoms with Crippen molar-refractivity contribution < 1.29 is 0 Å². The fourth-order valence-electron chi connectivity index (χ4n) is 1.60. The summed E-state index contributed by atoms with van der Waals surface area (Å²) in [5.74, 6) is 2.19. The number of hydrogen-bond acceptors (Lipinski definition) is 4. The van der Waals surface area contributed by atoms with Crippen LogP contribution in [0.25, 0.3) is 0 Å². The van der Waals surface area contributed by atoms with Gasteiger partial charge < -0.3 is 14.7 Å². The molecule has 0 fully saturated rings. The van der Waals surface area contributed by atoms with Gasteiger partial charge in [0.2, 0.25) is 5.96 Å². The van der Waals surface area contributed by atoms with Crippen LogP contribution < -0.4 is 0 Å². The average molecular weight is 196 g/mol. The van der Waals surface area contributed by atoms with Gasteiger partial charge in [-0.2, -0.15) is 0 Å². The fraction of sp³-hybridized carbons (Fsp3) is 0.700. The summed E-state index contributed by atoms with van der Waals surface area (Å²) in [6.07, 6.45) is 2.16. The standard InChI is InChI=1S/C10H20N4/c1-8-7-9(12(2)3)14(6)10(11-8)13(4)5/h7-8H,1-6H3/t8-/m0/s1. The topological polar surface area (TPSA) is 22.1 Å². The summed E-state index contributed by atoms with van der Waals surface area (Å²) >= 11 is 0. The molecule has 1 atom stereocenters. The highest BCUT2D eigenvalue weighted by molar-refractivity contribution is 5.82. The van der Waals surface area contributed by atoms with Crippen LogP contribution in [0.3, 0.4) is 0 Å². The van der Waals surface area contributed by atoms with Crippen LogP contribution in [0, 0.1) is 0 Å². The zero-order valence-corrected chi connectivity index (χ0v) is 9.94. The van der Waals surface area contributed by atoms with Crippen molar-refractivity contribution in [1.29, 1.82) is 0 Å². The molecule has 0 unspecified atom stereocenters. The first kappa shape index (κ1) is 10.9. The van der Waals surface area contributed by atoms with E-state index < -0.39 is 0 Å². The van der Waals surface area contributed by atoms with Crippen LogP contribution in [0.5, 0.6) is 0 Å². The van der Waals surface area contributed by atoms with Crippen molar-refractivity contribution in [3.63, 3.8) is 0 Å². The van der Waals surface area contributed by atoms with Crippen LogP contribution in [0.15, 0.2) is 16.9 Å². The molecule has 0 aromatic heterocycles. The second kappa shape index (κ2) is 3.90. The van der Waals surface area contributed by atoms with Crippen molar-refractivity contribution in [2.45, 2.75) is 13.0 Å². The first-order valence-corrected chi connectivity index (χ1v) is 4.81. The second-order valence-corrected chi connectivity index (χ2v) is 4.04. The summed E-state index contributed by atoms with van der Waals surface area (Å²) in [4.78, 5) is 10.8. The maximum absolute atomic E-state index is 4.56. The smallest absolute Gasteiger partial charge is 0.202 e. The van der Waals surface area contributed by atoms with Gasteiger partial charge in [0.25, 0.3) is 0 Å². The molecule has 14 heavy (non-hydrogen) atoms. The first-order valence-electron chi connectivity index (χ1n) is 4.81. The summed E-state index contributed by atoms with van der Waals surface area (Å²) in [6, 6.07) is 0.251. The van der Waals surface area contributed by atoms with Crippen molar-refractivity contribution in [1.82, 2.24) is 14.7 Å². The summed E-state index contributed by atoms with van der Waals surface area (Å²) in [7, 11) is 10.2. The van der Waals surface area contributed by atoms with Crippen LogP contribution in [0.1, 0.15) is 6.92 Å². The van der Waals surface area contributed by atoms with Crippen LogP contribution in [-0.4, -0.2) is 61.9 Å². The van der Waals surface area contributed by atoms with Crippen molar-refractivity contribution in [2.24, 2.45) is 4.99 Å². The Morgan fingerprint density at radius 3 is 2.21 bits per heavy atom. The highest BCUT2D eigenvalue weighted by Gasteiger charge is 2.20. The summed E-state index contributed by atoms with van der Waals surface area (Å²) in [6.45, 7) is 2.10. The van der Waals surface area contributed by atoms with Crippen LogP contribution in [-0.2, 0) is 0 Å². The number of hydrogen-bond donors (Lipinski definition) is 0. The van der Waals surface area contributed by atoms with E-state index in [0.717, 1.165) is 5.96 Å². The van der Waals surface area contributed by atoms with Gasteiger partial charge in [0.1, 0.15) is 5.82 Å². The van der Waals surface area contributed by atoms with Crippen molar-refractivity contribution in [2.75, 3.05) is 35.2 Å². The lowest BCUT2D eigenvalue weighted by Gasteiger charge is -2.35. The van der Waals surface area contributed by atoms with E-state index in [-0.39, 0.29) is 6.04 Å². The zero-order chi connectivity index (χ0) is 10.9. The van der Waals surface area contributed by atoms with Gasteiger partial charge >= 0.3 is 0 Å². The third kappa shape index (κ3) is 2.00. The number of guanidine groups is 1. The second-order valence-electron chi connectivity index (χ2n) is 4.04. The Kier molecular flexibility index (Phi) is 3.03. The predicted molar refractivity (Wildman–Crippen MR) is 60.1 cm³/mol. The van der Waals surface area contributed by atoms with Crippen LogP contribution in [0.2, 0.25) is 0 Å². The molecule has 0 aromatic rings. The van der Waals surface area contributed by atoms with E-state index >= 15 is 0 Å². The van der Waals surface area contributed by atoms with E-state index in [1.807, 2.05) is 40.1 Å². The molecular formula is C10H20N4. The Morgan fingerprint density at radius 1 is 1.21 bits per heavy atom. The highest BCUT2D eigenvalue weighted by Crippen LogP contribution is 2.15. The minimum Gasteiger partial charge on any atom is -0.364 e. The third-order valence-electron chi connectivity index (χ3n) is 2.21. The molecule has 0 spiro atoms. The van der Waals surface area contributed by atoms with Crippen LogP contribution >= 0.6 is 0 Å². The van der Waals surface area contributed by atoms with Gasteiger partial charge in [0.05, 0.1) is 6.04 Å². The molecule has 4 nitrogen and oxygen atoms in total. The Bertz CT molecular complexity index is 239. The van der Waals surface area contributed by atoms with Gasteiger partial charge in [-0.25, -0.2) is 4.99 Å². The summed E-state index contributed by atoms with van der Waals surface area (Å²) < 4.78 is 0. The molecule has 1 aliphatic heterocycles. The molecule has 0 radical (unpaired) electrons. The van der Waals surface area contributed by atoms with Gasteiger partial charge in [-0.1, -0.05) is 0 Å². The van der Waals surface area contributed by atoms with E-state index in [2.05, 4.69) is 27.8 Å². The molecular weight excluding hydrogens is 176 g/mol. The van der Waals surface area contributed by atoms with Gasteiger partial charge in [0.15, 0.2) is 0 Å². The van der Waals surface area contributed by atoms with E-state index in [1.54, 1.807) is 0 Å². The maximum Gasteiger partial charge on any atom is 0.202 e. The molecule has 0 saturated carbocycles. The fourth-order valence-corrected chi connectivity index (χ4v) is 1.60. The minimum atomic E-state index is 0.251. The Balaban J connectivity index is 2.94. The first-order chi connectivity index (χ1) is 6.43. The van der Waals surface area contributed by atoms with Gasteiger partial charge in [-0.05, 0) is 13.0 Å². The molecule has 80 valence electrons. The zero-order valence-electron chi connectivity index (χ0n) is 9.94. The molecule has 0 bridgehead atoms. The minimum absolute atomic E-state index is 0.251. The molecule has 0 aliphatic carbocycles. The lowest BCUT2D eigenvalue weighted by molar-refractivity contribution is 0.347. The van der Waals surface area contributed by atoms with E-state index in [4.69, 9.17) is 0 Å². The number of rotatable bonds is 1. The molecule has 1 rings (SSSR count). The quantitative estimate of drug-likeness (QED) is 0.614. The molecule has 1 heterocycles. The van der Waals surface area contributed by atoms with Gasteiger partial charge in [-0.15, -0.1) is 0 Å². The highest BCUT2D eigenvalue weighted by atomic mass is 15.4. The molecule has 1 aliphatic rings. The summed E-state index contributed by atoms with van der Waals surface area (Å²) in [5.41, 5.74) is 0. The molecule has 4 heteroatoms. The maximum atomic E-state index is 4.56. The largest absolute Gasteiger partial charge is 0.364 e. The third-order valence-corrected chi connectivity index (χ3v) is 2.21. The van der Waals surface area contributed by atoms with E-state index in [9.17, 15) is 0 Å². The van der Waals surface area contributed by atoms with Crippen molar-refractivity contribution >= 4 is 5.96 Å². The lowest BCUT2D eigenvalue weighted by atomic mass is 10.3. The van der Waals surface area contributed by atoms with Crippen molar-refractivity contribution in [3.05, 3.63) is 11.9 Å². The molecule has 0 saturated heterocycles. The lowest BCUT2D eigenvalue weighted by Crippen LogP contribution is -2.44. The van der Waals surface area contributed by atoms with Crippen LogP contribution in [0.4, 0.5) is 0 Å². The predicted octanol–water partition coefficient (Wildman–Crippen LogP) is 0.641. The molecule has 0 aromatic carbocycles. The molecule has 0 amide bonds. The van der Waals surface area contributed by atoms with Crippen molar-refractivity contribution in [3.8, 4) is 0 Å². The molecule has 0 N–H and O–H groups in total. The monoisotopic (exact) mass is 196 g/mol. The average Bonchev–Trinajstić information content (AvgIpc) is 2.07. The Hall–Kier alpha value is -1.19. The van der Waals surface area contributed by atoms with Gasteiger partial charge in [0, 0.05) is 35.2 Å². The van der Waals surface area contributed by atoms with E-state index in [1.165, 1.54) is 5.82 Å². The summed E-state index contributed by atoms with van der Waals surface area (Å²) in [5, 5.41) is 0. The van der Waals surface area contributed by atoms with E-state index in [0.29, 0.717) is 0 Å². The van der Waals surface area contributed by atoms with Gasteiger partial charge in [-0.3, -0.25) is 0 Å². The SMILES string of the molecule is C[C@H]1C=C(N(C)C)N(C)C(N(C)C)=N1. The number of aliphatic imine (C=N–C) groups is 1. The number of nitrogens with zero attached hydrogens (tertiary/aromatic N) is 4. The Labute approximate surface area is 86.5 Å².